The zero-order chi connectivity index (χ0) is 9.84. The molecular weight excluding hydrogens is 230 g/mol. The largest absolute Gasteiger partial charge is 0.388 e. The van der Waals surface area contributed by atoms with E-state index >= 15 is 0 Å². The smallest absolute Gasteiger partial charge is 0.127 e. The molecule has 2 nitrogen and oxygen atoms in total. The van der Waals surface area contributed by atoms with Crippen molar-refractivity contribution < 1.29 is 4.79 Å². The highest BCUT2D eigenvalue weighted by Crippen LogP contribution is 2.26. The van der Waals surface area contributed by atoms with Crippen LogP contribution in [0.3, 0.4) is 0 Å². The van der Waals surface area contributed by atoms with Gasteiger partial charge in [0, 0.05) is 23.1 Å². The molecule has 0 aliphatic carbocycles. The summed E-state index contributed by atoms with van der Waals surface area (Å²) in [4.78, 5) is 10.6. The van der Waals surface area contributed by atoms with Gasteiger partial charge in [0.15, 0.2) is 0 Å². The second kappa shape index (κ2) is 4.42. The zero-order valence-corrected chi connectivity index (χ0v) is 9.26. The minimum Gasteiger partial charge on any atom is -0.388 e. The van der Waals surface area contributed by atoms with E-state index in [-0.39, 0.29) is 5.92 Å². The average Bonchev–Trinajstić information content (AvgIpc) is 2.16. The summed E-state index contributed by atoms with van der Waals surface area (Å²) in [6.45, 7) is 1.89. The lowest BCUT2D eigenvalue weighted by Gasteiger charge is -2.11. The number of anilines is 1. The highest BCUT2D eigenvalue weighted by Gasteiger charge is 2.08. The molecule has 70 valence electrons. The topological polar surface area (TPSA) is 29.1 Å². The van der Waals surface area contributed by atoms with Crippen molar-refractivity contribution in [1.82, 2.24) is 0 Å². The Balaban J connectivity index is 3.12. The third-order valence-electron chi connectivity index (χ3n) is 1.98. The van der Waals surface area contributed by atoms with Crippen LogP contribution in [0.1, 0.15) is 18.4 Å². The van der Waals surface area contributed by atoms with Crippen molar-refractivity contribution in [3.8, 4) is 0 Å². The van der Waals surface area contributed by atoms with Crippen LogP contribution >= 0.6 is 15.9 Å². The van der Waals surface area contributed by atoms with Gasteiger partial charge in [0.25, 0.3) is 0 Å². The van der Waals surface area contributed by atoms with Crippen molar-refractivity contribution in [2.75, 3.05) is 12.4 Å². The number of nitrogens with one attached hydrogen (secondary N) is 1. The van der Waals surface area contributed by atoms with Crippen LogP contribution in [0.15, 0.2) is 22.7 Å². The van der Waals surface area contributed by atoms with Gasteiger partial charge in [-0.15, -0.1) is 0 Å². The van der Waals surface area contributed by atoms with Gasteiger partial charge < -0.3 is 10.1 Å². The maximum Gasteiger partial charge on any atom is 0.127 e. The van der Waals surface area contributed by atoms with Gasteiger partial charge in [-0.3, -0.25) is 0 Å². The molecule has 1 rings (SSSR count). The number of aldehydes is 1. The molecule has 0 saturated heterocycles. The Morgan fingerprint density at radius 2 is 2.23 bits per heavy atom. The molecule has 0 saturated carbocycles. The van der Waals surface area contributed by atoms with Gasteiger partial charge in [0.05, 0.1) is 0 Å². The number of rotatable bonds is 3. The molecular formula is C10H12BrNO. The first-order chi connectivity index (χ1) is 6.19. The maximum absolute atomic E-state index is 10.6. The summed E-state index contributed by atoms with van der Waals surface area (Å²) >= 11 is 3.38. The minimum atomic E-state index is -0.0597. The van der Waals surface area contributed by atoms with Crippen molar-refractivity contribution in [2.45, 2.75) is 12.8 Å². The second-order valence-corrected chi connectivity index (χ2v) is 3.82. The molecule has 0 bridgehead atoms. The van der Waals surface area contributed by atoms with Gasteiger partial charge in [-0.1, -0.05) is 28.9 Å². The number of carbonyl (C=O) groups is 1. The predicted octanol–water partition coefficient (Wildman–Crippen LogP) is 2.79. The third-order valence-corrected chi connectivity index (χ3v) is 2.47. The highest BCUT2D eigenvalue weighted by molar-refractivity contribution is 9.10. The van der Waals surface area contributed by atoms with E-state index in [1.807, 2.05) is 32.2 Å². The van der Waals surface area contributed by atoms with Crippen LogP contribution in [-0.2, 0) is 4.79 Å². The summed E-state index contributed by atoms with van der Waals surface area (Å²) in [6, 6.07) is 5.86. The monoisotopic (exact) mass is 241 g/mol. The van der Waals surface area contributed by atoms with Gasteiger partial charge in [0.1, 0.15) is 6.29 Å². The van der Waals surface area contributed by atoms with E-state index in [0.29, 0.717) is 0 Å². The zero-order valence-electron chi connectivity index (χ0n) is 7.67. The van der Waals surface area contributed by atoms with Crippen LogP contribution in [0.25, 0.3) is 0 Å². The molecule has 0 aliphatic rings. The van der Waals surface area contributed by atoms with E-state index in [1.165, 1.54) is 0 Å². The fourth-order valence-corrected chi connectivity index (χ4v) is 1.58. The fraction of sp³-hybridized carbons (Fsp3) is 0.300. The Kier molecular flexibility index (Phi) is 3.48. The number of carbonyl (C=O) groups excluding carboxylic acids is 1. The first-order valence-corrected chi connectivity index (χ1v) is 4.91. The number of hydrogen-bond acceptors (Lipinski definition) is 2. The Hall–Kier alpha value is -0.830. The number of halogens is 1. The normalized spacial score (nSPS) is 12.2. The fourth-order valence-electron chi connectivity index (χ4n) is 1.22. The lowest BCUT2D eigenvalue weighted by atomic mass is 10.0. The van der Waals surface area contributed by atoms with Gasteiger partial charge in [0.2, 0.25) is 0 Å². The van der Waals surface area contributed by atoms with Crippen molar-refractivity contribution in [3.63, 3.8) is 0 Å². The molecule has 0 aliphatic heterocycles. The molecule has 0 aromatic heterocycles. The van der Waals surface area contributed by atoms with E-state index in [1.54, 1.807) is 0 Å². The van der Waals surface area contributed by atoms with Crippen LogP contribution in [0, 0.1) is 0 Å². The Morgan fingerprint density at radius 3 is 2.77 bits per heavy atom. The van der Waals surface area contributed by atoms with Gasteiger partial charge in [-0.25, -0.2) is 0 Å². The Labute approximate surface area is 86.5 Å². The average molecular weight is 242 g/mol. The van der Waals surface area contributed by atoms with Crippen LogP contribution in [0.2, 0.25) is 0 Å². The molecule has 0 spiro atoms. The SMILES string of the molecule is CNc1cc(Br)ccc1C(C)C=O. The summed E-state index contributed by atoms with van der Waals surface area (Å²) in [6.07, 6.45) is 0.948. The van der Waals surface area contributed by atoms with E-state index < -0.39 is 0 Å². The van der Waals surface area contributed by atoms with E-state index in [2.05, 4.69) is 21.2 Å². The van der Waals surface area contributed by atoms with E-state index in [0.717, 1.165) is 22.0 Å². The lowest BCUT2D eigenvalue weighted by molar-refractivity contribution is -0.108. The van der Waals surface area contributed by atoms with Crippen molar-refractivity contribution in [1.29, 1.82) is 0 Å². The number of hydrogen-bond donors (Lipinski definition) is 1. The molecule has 3 heteroatoms. The second-order valence-electron chi connectivity index (χ2n) is 2.91. The summed E-state index contributed by atoms with van der Waals surface area (Å²) in [5.41, 5.74) is 2.02. The van der Waals surface area contributed by atoms with Crippen molar-refractivity contribution in [2.24, 2.45) is 0 Å². The minimum absolute atomic E-state index is 0.0597. The van der Waals surface area contributed by atoms with Crippen LogP contribution in [0.4, 0.5) is 5.69 Å². The Morgan fingerprint density at radius 1 is 1.54 bits per heavy atom. The maximum atomic E-state index is 10.6. The quantitative estimate of drug-likeness (QED) is 0.825. The van der Waals surface area contributed by atoms with Crippen LogP contribution < -0.4 is 5.32 Å². The third kappa shape index (κ3) is 2.31. The molecule has 1 atom stereocenters. The summed E-state index contributed by atoms with van der Waals surface area (Å²) in [5.74, 6) is -0.0597. The first kappa shape index (κ1) is 10.3. The molecule has 1 N–H and O–H groups in total. The van der Waals surface area contributed by atoms with Crippen molar-refractivity contribution >= 4 is 27.9 Å². The Bertz CT molecular complexity index is 312. The molecule has 0 heterocycles. The molecule has 13 heavy (non-hydrogen) atoms. The van der Waals surface area contributed by atoms with Gasteiger partial charge in [-0.2, -0.15) is 0 Å². The molecule has 0 amide bonds. The standard InChI is InChI=1S/C10H12BrNO/c1-7(6-13)9-4-3-8(11)5-10(9)12-2/h3-7,12H,1-2H3. The number of benzene rings is 1. The summed E-state index contributed by atoms with van der Waals surface area (Å²) in [7, 11) is 1.85. The van der Waals surface area contributed by atoms with E-state index in [4.69, 9.17) is 0 Å². The van der Waals surface area contributed by atoms with Crippen molar-refractivity contribution in [3.05, 3.63) is 28.2 Å². The highest BCUT2D eigenvalue weighted by atomic mass is 79.9. The van der Waals surface area contributed by atoms with Gasteiger partial charge >= 0.3 is 0 Å². The van der Waals surface area contributed by atoms with Crippen LogP contribution in [0.5, 0.6) is 0 Å². The molecule has 0 fully saturated rings. The van der Waals surface area contributed by atoms with E-state index in [9.17, 15) is 4.79 Å². The molecule has 1 unspecified atom stereocenters. The summed E-state index contributed by atoms with van der Waals surface area (Å²) in [5, 5.41) is 3.06. The van der Waals surface area contributed by atoms with Crippen LogP contribution in [-0.4, -0.2) is 13.3 Å². The predicted molar refractivity (Wildman–Crippen MR) is 58.2 cm³/mol. The molecule has 1 aromatic rings. The lowest BCUT2D eigenvalue weighted by Crippen LogP contribution is -2.00. The molecule has 0 radical (unpaired) electrons. The first-order valence-electron chi connectivity index (χ1n) is 4.11. The molecule has 1 aromatic carbocycles. The van der Waals surface area contributed by atoms with Gasteiger partial charge in [-0.05, 0) is 17.7 Å². The summed E-state index contributed by atoms with van der Waals surface area (Å²) < 4.78 is 1.01.